The van der Waals surface area contributed by atoms with Crippen molar-refractivity contribution in [1.29, 1.82) is 0 Å². The Balaban J connectivity index is 0.00000338. The first kappa shape index (κ1) is 22.7. The second-order valence-electron chi connectivity index (χ2n) is 6.04. The molecule has 1 aliphatic heterocycles. The Morgan fingerprint density at radius 2 is 2.08 bits per heavy atom. The van der Waals surface area contributed by atoms with Gasteiger partial charge in [0.25, 0.3) is 0 Å². The molecule has 1 aliphatic rings. The maximum Gasteiger partial charge on any atom is 0.309 e. The summed E-state index contributed by atoms with van der Waals surface area (Å²) in [5, 5.41) is 11.4. The smallest absolute Gasteiger partial charge is 0.309 e. The fourth-order valence-electron chi connectivity index (χ4n) is 3.02. The van der Waals surface area contributed by atoms with E-state index < -0.39 is 0 Å². The van der Waals surface area contributed by atoms with Gasteiger partial charge >= 0.3 is 5.97 Å². The lowest BCUT2D eigenvalue weighted by molar-refractivity contribution is -0.149. The minimum Gasteiger partial charge on any atom is -0.466 e. The Bertz CT molecular complexity index is 569. The third-order valence-corrected chi connectivity index (χ3v) is 4.36. The molecule has 0 saturated carbocycles. The van der Waals surface area contributed by atoms with Gasteiger partial charge in [-0.05, 0) is 26.7 Å². The number of hydrogen-bond donors (Lipinski definition) is 1. The topological polar surface area (TPSA) is 84.6 Å². The summed E-state index contributed by atoms with van der Waals surface area (Å²) in [5.74, 6) is 1.85. The molecule has 1 aromatic rings. The maximum atomic E-state index is 11.9. The lowest BCUT2D eigenvalue weighted by Crippen LogP contribution is -2.46. The van der Waals surface area contributed by atoms with Crippen LogP contribution >= 0.6 is 24.0 Å². The van der Waals surface area contributed by atoms with Crippen LogP contribution in [0.15, 0.2) is 11.3 Å². The van der Waals surface area contributed by atoms with E-state index in [1.54, 1.807) is 6.33 Å². The number of esters is 1. The molecule has 1 saturated heterocycles. The van der Waals surface area contributed by atoms with Crippen LogP contribution in [0.2, 0.25) is 0 Å². The average molecular weight is 478 g/mol. The molecule has 26 heavy (non-hydrogen) atoms. The summed E-state index contributed by atoms with van der Waals surface area (Å²) in [7, 11) is 0. The molecule has 2 heterocycles. The van der Waals surface area contributed by atoms with Gasteiger partial charge in [0.2, 0.25) is 0 Å². The van der Waals surface area contributed by atoms with Crippen molar-refractivity contribution in [3.63, 3.8) is 0 Å². The molecule has 148 valence electrons. The number of nitrogens with zero attached hydrogens (tertiary/aromatic N) is 5. The Hall–Kier alpha value is -1.39. The van der Waals surface area contributed by atoms with Gasteiger partial charge < -0.3 is 19.5 Å². The lowest BCUT2D eigenvalue weighted by atomic mass is 9.97. The maximum absolute atomic E-state index is 11.9. The summed E-state index contributed by atoms with van der Waals surface area (Å²) in [4.78, 5) is 18.8. The number of ether oxygens (including phenoxy) is 1. The first-order valence-corrected chi connectivity index (χ1v) is 9.26. The van der Waals surface area contributed by atoms with Gasteiger partial charge in [-0.2, -0.15) is 0 Å². The molecule has 1 aromatic heterocycles. The van der Waals surface area contributed by atoms with Crippen molar-refractivity contribution >= 4 is 35.9 Å². The van der Waals surface area contributed by atoms with Crippen molar-refractivity contribution in [2.45, 2.75) is 46.6 Å². The van der Waals surface area contributed by atoms with Crippen LogP contribution in [-0.2, 0) is 22.5 Å². The van der Waals surface area contributed by atoms with Crippen molar-refractivity contribution in [3.05, 3.63) is 12.2 Å². The van der Waals surface area contributed by atoms with Crippen LogP contribution in [0.25, 0.3) is 0 Å². The van der Waals surface area contributed by atoms with Crippen molar-refractivity contribution in [3.8, 4) is 0 Å². The number of aliphatic imine (C=N–C) groups is 1. The molecule has 0 spiro atoms. The zero-order chi connectivity index (χ0) is 18.1. The molecule has 0 atom stereocenters. The van der Waals surface area contributed by atoms with E-state index in [-0.39, 0.29) is 35.9 Å². The molecule has 1 fully saturated rings. The summed E-state index contributed by atoms with van der Waals surface area (Å²) < 4.78 is 7.18. The molecule has 9 heteroatoms. The Kier molecular flexibility index (Phi) is 10.5. The Morgan fingerprint density at radius 3 is 2.69 bits per heavy atom. The van der Waals surface area contributed by atoms with E-state index in [0.29, 0.717) is 13.2 Å². The number of carbonyl (C=O) groups is 1. The highest BCUT2D eigenvalue weighted by Gasteiger charge is 2.27. The van der Waals surface area contributed by atoms with Gasteiger partial charge in [0.15, 0.2) is 5.96 Å². The normalized spacial score (nSPS) is 15.5. The van der Waals surface area contributed by atoms with Crippen LogP contribution in [-0.4, -0.2) is 64.4 Å². The van der Waals surface area contributed by atoms with Crippen molar-refractivity contribution < 1.29 is 9.53 Å². The predicted molar refractivity (Wildman–Crippen MR) is 112 cm³/mol. The van der Waals surface area contributed by atoms with Crippen LogP contribution in [0.4, 0.5) is 0 Å². The number of likely N-dealkylation sites (tertiary alicyclic amines) is 1. The van der Waals surface area contributed by atoms with E-state index in [1.165, 1.54) is 0 Å². The Labute approximate surface area is 172 Å². The number of rotatable bonds is 7. The summed E-state index contributed by atoms with van der Waals surface area (Å²) >= 11 is 0. The van der Waals surface area contributed by atoms with Gasteiger partial charge in [-0.25, -0.2) is 0 Å². The number of halogens is 1. The van der Waals surface area contributed by atoms with Crippen molar-refractivity contribution in [2.24, 2.45) is 10.9 Å². The van der Waals surface area contributed by atoms with Gasteiger partial charge in [0.05, 0.1) is 19.1 Å². The summed E-state index contributed by atoms with van der Waals surface area (Å²) in [6.45, 7) is 10.3. The van der Waals surface area contributed by atoms with Crippen LogP contribution < -0.4 is 5.32 Å². The van der Waals surface area contributed by atoms with Crippen LogP contribution in [0.1, 0.15) is 39.4 Å². The van der Waals surface area contributed by atoms with E-state index in [0.717, 1.165) is 57.2 Å². The molecule has 2 rings (SSSR count). The first-order valence-electron chi connectivity index (χ1n) is 9.26. The zero-order valence-corrected chi connectivity index (χ0v) is 18.3. The van der Waals surface area contributed by atoms with E-state index in [4.69, 9.17) is 9.73 Å². The van der Waals surface area contributed by atoms with E-state index in [1.807, 2.05) is 11.5 Å². The zero-order valence-electron chi connectivity index (χ0n) is 16.0. The second kappa shape index (κ2) is 12.1. The van der Waals surface area contributed by atoms with E-state index in [2.05, 4.69) is 34.3 Å². The van der Waals surface area contributed by atoms with Gasteiger partial charge in [-0.3, -0.25) is 9.79 Å². The largest absolute Gasteiger partial charge is 0.466 e. The summed E-state index contributed by atoms with van der Waals surface area (Å²) in [5.41, 5.74) is 0. The number of nitrogens with one attached hydrogen (secondary N) is 1. The number of hydrogen-bond acceptors (Lipinski definition) is 5. The van der Waals surface area contributed by atoms with Crippen molar-refractivity contribution in [1.82, 2.24) is 25.0 Å². The predicted octanol–water partition coefficient (Wildman–Crippen LogP) is 1.70. The monoisotopic (exact) mass is 478 g/mol. The number of aromatic nitrogens is 3. The number of guanidine groups is 1. The fourth-order valence-corrected chi connectivity index (χ4v) is 3.02. The van der Waals surface area contributed by atoms with Crippen LogP contribution in [0.3, 0.4) is 0 Å². The van der Waals surface area contributed by atoms with Crippen LogP contribution in [0, 0.1) is 5.92 Å². The first-order chi connectivity index (χ1) is 12.2. The molecular weight excluding hydrogens is 447 g/mol. The summed E-state index contributed by atoms with van der Waals surface area (Å²) in [6, 6.07) is 0. The minimum atomic E-state index is -0.0659. The highest BCUT2D eigenvalue weighted by atomic mass is 127. The van der Waals surface area contributed by atoms with Gasteiger partial charge in [0.1, 0.15) is 12.2 Å². The highest BCUT2D eigenvalue weighted by Crippen LogP contribution is 2.18. The standard InChI is InChI=1S/C17H30N6O2.HI/c1-4-15-21-20-13-23(15)12-9-19-17(18-5-2)22-10-7-14(8-11-22)16(24)25-6-3;/h13-14H,4-12H2,1-3H3,(H,18,19);1H. The second-order valence-corrected chi connectivity index (χ2v) is 6.04. The molecule has 1 N–H and O–H groups in total. The quantitative estimate of drug-likeness (QED) is 0.278. The molecule has 0 bridgehead atoms. The number of piperidine rings is 1. The van der Waals surface area contributed by atoms with Gasteiger partial charge in [0, 0.05) is 32.6 Å². The average Bonchev–Trinajstić information content (AvgIpc) is 3.09. The van der Waals surface area contributed by atoms with E-state index >= 15 is 0 Å². The SMILES string of the molecule is CCNC(=NCCn1cnnc1CC)N1CCC(C(=O)OCC)CC1.I. The third kappa shape index (κ3) is 6.40. The fraction of sp³-hybridized carbons (Fsp3) is 0.765. The van der Waals surface area contributed by atoms with Crippen LogP contribution in [0.5, 0.6) is 0 Å². The van der Waals surface area contributed by atoms with Crippen molar-refractivity contribution in [2.75, 3.05) is 32.8 Å². The number of carbonyl (C=O) groups excluding carboxylic acids is 1. The molecule has 0 amide bonds. The molecule has 0 aromatic carbocycles. The Morgan fingerprint density at radius 1 is 1.35 bits per heavy atom. The summed E-state index contributed by atoms with van der Waals surface area (Å²) in [6.07, 6.45) is 4.25. The van der Waals surface area contributed by atoms with Gasteiger partial charge in [-0.1, -0.05) is 6.92 Å². The third-order valence-electron chi connectivity index (χ3n) is 4.36. The molecular formula is C17H31IN6O2. The number of aryl methyl sites for hydroxylation is 1. The lowest BCUT2D eigenvalue weighted by Gasteiger charge is -2.33. The highest BCUT2D eigenvalue weighted by molar-refractivity contribution is 14.0. The molecule has 8 nitrogen and oxygen atoms in total. The molecule has 0 aliphatic carbocycles. The molecule has 0 radical (unpaired) electrons. The minimum absolute atomic E-state index is 0. The van der Waals surface area contributed by atoms with E-state index in [9.17, 15) is 4.79 Å². The molecule has 0 unspecified atom stereocenters. The van der Waals surface area contributed by atoms with Gasteiger partial charge in [-0.15, -0.1) is 34.2 Å².